The molecule has 0 atom stereocenters. The molecule has 7 heteroatoms. The Kier molecular flexibility index (Phi) is 5.52. The normalized spacial score (nSPS) is 10.1. The zero-order valence-electron chi connectivity index (χ0n) is 9.95. The quantitative estimate of drug-likeness (QED) is 0.617. The van der Waals surface area contributed by atoms with Crippen molar-refractivity contribution in [3.8, 4) is 11.8 Å². The van der Waals surface area contributed by atoms with Crippen LogP contribution in [0.3, 0.4) is 0 Å². The van der Waals surface area contributed by atoms with Crippen molar-refractivity contribution in [2.45, 2.75) is 19.4 Å². The number of nitrogens with zero attached hydrogens (tertiary/aromatic N) is 1. The van der Waals surface area contributed by atoms with Crippen molar-refractivity contribution in [3.05, 3.63) is 28.8 Å². The number of ether oxygens (including phenoxy) is 2. The van der Waals surface area contributed by atoms with Crippen molar-refractivity contribution >= 4 is 17.6 Å². The predicted octanol–water partition coefficient (Wildman–Crippen LogP) is 3.08. The predicted molar refractivity (Wildman–Crippen MR) is 63.3 cm³/mol. The summed E-state index contributed by atoms with van der Waals surface area (Å²) in [6.07, 6.45) is 0. The third kappa shape index (κ3) is 3.80. The van der Waals surface area contributed by atoms with Crippen molar-refractivity contribution in [1.82, 2.24) is 0 Å². The lowest BCUT2D eigenvalue weighted by molar-refractivity contribution is -0.0504. The van der Waals surface area contributed by atoms with E-state index in [1.807, 2.05) is 0 Å². The maximum absolute atomic E-state index is 12.3. The molecule has 102 valence electrons. The van der Waals surface area contributed by atoms with Gasteiger partial charge in [0.1, 0.15) is 11.3 Å². The Bertz CT molecular complexity index is 514. The Morgan fingerprint density at radius 3 is 2.68 bits per heavy atom. The van der Waals surface area contributed by atoms with E-state index >= 15 is 0 Å². The van der Waals surface area contributed by atoms with Crippen LogP contribution in [0.4, 0.5) is 8.78 Å². The topological polar surface area (TPSA) is 59.3 Å². The lowest BCUT2D eigenvalue weighted by Crippen LogP contribution is -2.11. The van der Waals surface area contributed by atoms with Gasteiger partial charge in [0, 0.05) is 5.88 Å². The van der Waals surface area contributed by atoms with Crippen molar-refractivity contribution in [3.63, 3.8) is 0 Å². The summed E-state index contributed by atoms with van der Waals surface area (Å²) in [6, 6.07) is 4.07. The zero-order valence-corrected chi connectivity index (χ0v) is 10.7. The highest BCUT2D eigenvalue weighted by molar-refractivity contribution is 6.17. The molecule has 0 aliphatic heterocycles. The van der Waals surface area contributed by atoms with Crippen LogP contribution in [0.25, 0.3) is 0 Å². The van der Waals surface area contributed by atoms with Crippen LogP contribution < -0.4 is 4.74 Å². The SMILES string of the molecule is CCOC(=O)c1cc(CCl)c(C#N)cc1OC(F)F. The smallest absolute Gasteiger partial charge is 0.387 e. The lowest BCUT2D eigenvalue weighted by atomic mass is 10.0. The van der Waals surface area contributed by atoms with Gasteiger partial charge in [0.15, 0.2) is 0 Å². The van der Waals surface area contributed by atoms with E-state index < -0.39 is 18.3 Å². The van der Waals surface area contributed by atoms with Gasteiger partial charge >= 0.3 is 12.6 Å². The van der Waals surface area contributed by atoms with Gasteiger partial charge in [-0.25, -0.2) is 4.79 Å². The van der Waals surface area contributed by atoms with Crippen molar-refractivity contribution in [1.29, 1.82) is 5.26 Å². The summed E-state index contributed by atoms with van der Waals surface area (Å²) in [5, 5.41) is 8.87. The van der Waals surface area contributed by atoms with Crippen molar-refractivity contribution in [2.24, 2.45) is 0 Å². The summed E-state index contributed by atoms with van der Waals surface area (Å²) >= 11 is 5.63. The van der Waals surface area contributed by atoms with Crippen molar-refractivity contribution < 1.29 is 23.0 Å². The number of rotatable bonds is 5. The summed E-state index contributed by atoms with van der Waals surface area (Å²) in [7, 11) is 0. The van der Waals surface area contributed by atoms with E-state index in [1.165, 1.54) is 6.07 Å². The molecule has 0 N–H and O–H groups in total. The minimum absolute atomic E-state index is 0.0374. The summed E-state index contributed by atoms with van der Waals surface area (Å²) < 4.78 is 33.5. The summed E-state index contributed by atoms with van der Waals surface area (Å²) in [4.78, 5) is 11.6. The molecule has 0 radical (unpaired) electrons. The van der Waals surface area contributed by atoms with Gasteiger partial charge in [-0.15, -0.1) is 11.6 Å². The number of alkyl halides is 3. The first kappa shape index (κ1) is 15.2. The first-order valence-corrected chi connectivity index (χ1v) is 5.81. The molecular weight excluding hydrogens is 280 g/mol. The summed E-state index contributed by atoms with van der Waals surface area (Å²) in [6.45, 7) is -1.44. The second-order valence-corrected chi connectivity index (χ2v) is 3.62. The third-order valence-corrected chi connectivity index (χ3v) is 2.47. The second-order valence-electron chi connectivity index (χ2n) is 3.35. The zero-order chi connectivity index (χ0) is 14.4. The number of benzene rings is 1. The minimum Gasteiger partial charge on any atom is -0.462 e. The average molecular weight is 290 g/mol. The van der Waals surface area contributed by atoms with E-state index in [-0.39, 0.29) is 23.6 Å². The Hall–Kier alpha value is -1.87. The molecule has 0 heterocycles. The Morgan fingerprint density at radius 2 is 2.21 bits per heavy atom. The average Bonchev–Trinajstić information content (AvgIpc) is 2.37. The highest BCUT2D eigenvalue weighted by atomic mass is 35.5. The van der Waals surface area contributed by atoms with Gasteiger partial charge in [0.25, 0.3) is 0 Å². The molecule has 0 saturated carbocycles. The molecule has 0 saturated heterocycles. The van der Waals surface area contributed by atoms with Crippen LogP contribution in [0, 0.1) is 11.3 Å². The van der Waals surface area contributed by atoms with E-state index in [9.17, 15) is 13.6 Å². The maximum atomic E-state index is 12.3. The second kappa shape index (κ2) is 6.90. The molecule has 1 aromatic carbocycles. The van der Waals surface area contributed by atoms with E-state index in [0.29, 0.717) is 5.56 Å². The van der Waals surface area contributed by atoms with Crippen LogP contribution in [-0.4, -0.2) is 19.2 Å². The van der Waals surface area contributed by atoms with Gasteiger partial charge in [-0.2, -0.15) is 14.0 Å². The highest BCUT2D eigenvalue weighted by Crippen LogP contribution is 2.27. The molecule has 0 spiro atoms. The van der Waals surface area contributed by atoms with Crippen LogP contribution in [0.1, 0.15) is 28.4 Å². The van der Waals surface area contributed by atoms with Gasteiger partial charge in [-0.05, 0) is 24.6 Å². The number of hydrogen-bond donors (Lipinski definition) is 0. The Labute approximate surface area is 113 Å². The first-order chi connectivity index (χ1) is 9.03. The van der Waals surface area contributed by atoms with Crippen LogP contribution in [0.5, 0.6) is 5.75 Å². The summed E-state index contributed by atoms with van der Waals surface area (Å²) in [5.74, 6) is -1.25. The Morgan fingerprint density at radius 1 is 1.53 bits per heavy atom. The standard InChI is InChI=1S/C12H10ClF2NO3/c1-2-18-11(17)9-3-7(5-13)8(6-16)4-10(9)19-12(14)15/h3-4,12H,2,5H2,1H3. The number of hydrogen-bond acceptors (Lipinski definition) is 4. The first-order valence-electron chi connectivity index (χ1n) is 5.28. The van der Waals surface area contributed by atoms with E-state index in [4.69, 9.17) is 21.6 Å². The molecule has 19 heavy (non-hydrogen) atoms. The molecule has 4 nitrogen and oxygen atoms in total. The Balaban J connectivity index is 3.32. The number of nitriles is 1. The number of carbonyl (C=O) groups excluding carboxylic acids is 1. The number of halogens is 3. The molecule has 0 fully saturated rings. The molecule has 0 bridgehead atoms. The molecule has 1 rings (SSSR count). The fourth-order valence-corrected chi connectivity index (χ4v) is 1.62. The van der Waals surface area contributed by atoms with Gasteiger partial charge in [-0.3, -0.25) is 0 Å². The molecule has 0 unspecified atom stereocenters. The minimum atomic E-state index is -3.11. The molecule has 0 amide bonds. The number of esters is 1. The van der Waals surface area contributed by atoms with E-state index in [1.54, 1.807) is 13.0 Å². The lowest BCUT2D eigenvalue weighted by Gasteiger charge is -2.12. The van der Waals surface area contributed by atoms with Gasteiger partial charge in [0.05, 0.1) is 18.2 Å². The molecule has 0 aromatic heterocycles. The molecule has 1 aromatic rings. The monoisotopic (exact) mass is 289 g/mol. The van der Waals surface area contributed by atoms with Crippen LogP contribution in [0.15, 0.2) is 12.1 Å². The van der Waals surface area contributed by atoms with Crippen molar-refractivity contribution in [2.75, 3.05) is 6.61 Å². The summed E-state index contributed by atoms with van der Waals surface area (Å²) in [5.41, 5.74) is 0.226. The van der Waals surface area contributed by atoms with Gasteiger partial charge in [-0.1, -0.05) is 0 Å². The molecule has 0 aliphatic carbocycles. The van der Waals surface area contributed by atoms with Gasteiger partial charge in [0.2, 0.25) is 0 Å². The van der Waals surface area contributed by atoms with Crippen LogP contribution in [-0.2, 0) is 10.6 Å². The van der Waals surface area contributed by atoms with E-state index in [2.05, 4.69) is 4.74 Å². The van der Waals surface area contributed by atoms with E-state index in [0.717, 1.165) is 6.07 Å². The highest BCUT2D eigenvalue weighted by Gasteiger charge is 2.20. The van der Waals surface area contributed by atoms with Gasteiger partial charge < -0.3 is 9.47 Å². The van der Waals surface area contributed by atoms with Crippen LogP contribution >= 0.6 is 11.6 Å². The largest absolute Gasteiger partial charge is 0.462 e. The number of carbonyl (C=O) groups is 1. The fraction of sp³-hybridized carbons (Fsp3) is 0.333. The third-order valence-electron chi connectivity index (χ3n) is 2.18. The molecular formula is C12H10ClF2NO3. The molecule has 0 aliphatic rings. The van der Waals surface area contributed by atoms with Crippen LogP contribution in [0.2, 0.25) is 0 Å². The fourth-order valence-electron chi connectivity index (χ4n) is 1.40. The maximum Gasteiger partial charge on any atom is 0.387 e.